The quantitative estimate of drug-likeness (QED) is 0.385. The molecule has 1 aromatic carbocycles. The van der Waals surface area contributed by atoms with E-state index < -0.39 is 4.92 Å². The van der Waals surface area contributed by atoms with E-state index in [-0.39, 0.29) is 33.2 Å². The minimum Gasteiger partial charge on any atom is -0.453 e. The summed E-state index contributed by atoms with van der Waals surface area (Å²) in [7, 11) is 0. The Kier molecular flexibility index (Phi) is 3.94. The third-order valence-corrected chi connectivity index (χ3v) is 3.18. The van der Waals surface area contributed by atoms with Crippen LogP contribution >= 0.6 is 15.9 Å². The van der Waals surface area contributed by atoms with E-state index >= 15 is 0 Å². The van der Waals surface area contributed by atoms with Gasteiger partial charge in [-0.05, 0) is 34.1 Å². The maximum absolute atomic E-state index is 10.9. The number of nitrogen functional groups attached to an aromatic ring is 1. The number of rotatable bonds is 4. The largest absolute Gasteiger partial charge is 0.453 e. The standard InChI is InChI=1S/C12H9BrN4O3/c13-10-7(17(18)19)3-1-4-8(10)20-9-5-2-6-16-11(9)12(14)15/h1-6H,(H3,14,15). The van der Waals surface area contributed by atoms with Gasteiger partial charge in [0.05, 0.1) is 4.92 Å². The lowest BCUT2D eigenvalue weighted by atomic mass is 10.3. The number of nitro groups is 1. The summed E-state index contributed by atoms with van der Waals surface area (Å²) in [6.45, 7) is 0. The average molecular weight is 337 g/mol. The van der Waals surface area contributed by atoms with Crippen molar-refractivity contribution >= 4 is 27.5 Å². The Balaban J connectivity index is 2.43. The first-order valence-corrected chi connectivity index (χ1v) is 6.20. The lowest BCUT2D eigenvalue weighted by Gasteiger charge is -2.10. The van der Waals surface area contributed by atoms with Crippen molar-refractivity contribution in [3.05, 3.63) is 56.8 Å². The van der Waals surface area contributed by atoms with Gasteiger partial charge in [0, 0.05) is 12.3 Å². The van der Waals surface area contributed by atoms with Crippen molar-refractivity contribution in [2.24, 2.45) is 5.73 Å². The predicted octanol–water partition coefficient (Wildman–Crippen LogP) is 2.83. The molecule has 1 heterocycles. The van der Waals surface area contributed by atoms with Gasteiger partial charge in [-0.15, -0.1) is 0 Å². The molecule has 7 nitrogen and oxygen atoms in total. The second-order valence-electron chi connectivity index (χ2n) is 3.71. The van der Waals surface area contributed by atoms with Crippen molar-refractivity contribution in [2.75, 3.05) is 0 Å². The minimum absolute atomic E-state index is 0.115. The number of pyridine rings is 1. The van der Waals surface area contributed by atoms with Crippen LogP contribution in [-0.4, -0.2) is 15.7 Å². The van der Waals surface area contributed by atoms with Crippen LogP contribution in [0.15, 0.2) is 41.0 Å². The number of nitrogens with one attached hydrogen (secondary N) is 1. The molecule has 0 amide bonds. The third-order valence-electron chi connectivity index (χ3n) is 2.39. The fourth-order valence-corrected chi connectivity index (χ4v) is 2.00. The van der Waals surface area contributed by atoms with Gasteiger partial charge in [-0.1, -0.05) is 6.07 Å². The number of benzene rings is 1. The molecule has 3 N–H and O–H groups in total. The number of nitrogens with two attached hydrogens (primary N) is 1. The third kappa shape index (κ3) is 2.75. The summed E-state index contributed by atoms with van der Waals surface area (Å²) in [6.07, 6.45) is 1.48. The van der Waals surface area contributed by atoms with Crippen molar-refractivity contribution in [2.45, 2.75) is 0 Å². The van der Waals surface area contributed by atoms with Gasteiger partial charge in [0.25, 0.3) is 5.69 Å². The Hall–Kier alpha value is -2.48. The van der Waals surface area contributed by atoms with E-state index in [4.69, 9.17) is 15.9 Å². The number of nitro benzene ring substituents is 1. The zero-order valence-electron chi connectivity index (χ0n) is 10.0. The summed E-state index contributed by atoms with van der Waals surface area (Å²) in [5.41, 5.74) is 5.46. The van der Waals surface area contributed by atoms with E-state index in [0.717, 1.165) is 0 Å². The smallest absolute Gasteiger partial charge is 0.287 e. The van der Waals surface area contributed by atoms with Crippen LogP contribution in [0.25, 0.3) is 0 Å². The van der Waals surface area contributed by atoms with Crippen LogP contribution in [0.1, 0.15) is 5.69 Å². The second-order valence-corrected chi connectivity index (χ2v) is 4.51. The van der Waals surface area contributed by atoms with Crippen molar-refractivity contribution in [1.29, 1.82) is 5.41 Å². The predicted molar refractivity (Wildman–Crippen MR) is 76.1 cm³/mol. The molecule has 0 atom stereocenters. The maximum atomic E-state index is 10.9. The summed E-state index contributed by atoms with van der Waals surface area (Å²) >= 11 is 3.13. The van der Waals surface area contributed by atoms with Gasteiger partial charge >= 0.3 is 0 Å². The van der Waals surface area contributed by atoms with Crippen LogP contribution in [-0.2, 0) is 0 Å². The average Bonchev–Trinajstić information content (AvgIpc) is 2.41. The van der Waals surface area contributed by atoms with Gasteiger partial charge in [-0.25, -0.2) is 4.98 Å². The lowest BCUT2D eigenvalue weighted by molar-refractivity contribution is -0.385. The Bertz CT molecular complexity index is 690. The molecule has 8 heteroatoms. The molecule has 0 bridgehead atoms. The van der Waals surface area contributed by atoms with E-state index in [1.807, 2.05) is 0 Å². The fraction of sp³-hybridized carbons (Fsp3) is 0. The van der Waals surface area contributed by atoms with Gasteiger partial charge in [0.15, 0.2) is 5.75 Å². The SMILES string of the molecule is N=C(N)c1ncccc1Oc1cccc([N+](=O)[O-])c1Br. The summed E-state index contributed by atoms with van der Waals surface area (Å²) < 4.78 is 5.77. The number of nitrogens with zero attached hydrogens (tertiary/aromatic N) is 2. The highest BCUT2D eigenvalue weighted by molar-refractivity contribution is 9.10. The van der Waals surface area contributed by atoms with Crippen molar-refractivity contribution in [3.8, 4) is 11.5 Å². The van der Waals surface area contributed by atoms with Crippen LogP contribution < -0.4 is 10.5 Å². The Morgan fingerprint density at radius 2 is 2.05 bits per heavy atom. The minimum atomic E-state index is -0.522. The van der Waals surface area contributed by atoms with Crippen LogP contribution in [0.2, 0.25) is 0 Å². The first-order valence-electron chi connectivity index (χ1n) is 5.41. The van der Waals surface area contributed by atoms with Crippen LogP contribution in [0.5, 0.6) is 11.5 Å². The Labute approximate surface area is 122 Å². The number of amidine groups is 1. The van der Waals surface area contributed by atoms with E-state index in [0.29, 0.717) is 0 Å². The number of hydrogen-bond donors (Lipinski definition) is 2. The monoisotopic (exact) mass is 336 g/mol. The number of hydrogen-bond acceptors (Lipinski definition) is 5. The molecule has 0 spiro atoms. The molecule has 1 aromatic heterocycles. The normalized spacial score (nSPS) is 10.1. The summed E-state index contributed by atoms with van der Waals surface area (Å²) in [6, 6.07) is 7.62. The Morgan fingerprint density at radius 3 is 2.70 bits per heavy atom. The molecular formula is C12H9BrN4O3. The van der Waals surface area contributed by atoms with E-state index in [9.17, 15) is 10.1 Å². The summed E-state index contributed by atoms with van der Waals surface area (Å²) in [4.78, 5) is 14.3. The molecule has 0 saturated heterocycles. The molecule has 102 valence electrons. The highest BCUT2D eigenvalue weighted by Gasteiger charge is 2.18. The van der Waals surface area contributed by atoms with Crippen molar-refractivity contribution in [3.63, 3.8) is 0 Å². The summed E-state index contributed by atoms with van der Waals surface area (Å²) in [5.74, 6) is 0.248. The van der Waals surface area contributed by atoms with Gasteiger partial charge in [0.2, 0.25) is 0 Å². The zero-order chi connectivity index (χ0) is 14.7. The van der Waals surface area contributed by atoms with Crippen molar-refractivity contribution in [1.82, 2.24) is 4.98 Å². The number of halogens is 1. The van der Waals surface area contributed by atoms with Crippen LogP contribution in [0.3, 0.4) is 0 Å². The van der Waals surface area contributed by atoms with E-state index in [1.165, 1.54) is 18.3 Å². The van der Waals surface area contributed by atoms with Crippen LogP contribution in [0.4, 0.5) is 5.69 Å². The van der Waals surface area contributed by atoms with Gasteiger partial charge in [-0.2, -0.15) is 0 Å². The molecule has 2 rings (SSSR count). The molecule has 0 saturated carbocycles. The van der Waals surface area contributed by atoms with Crippen LogP contribution in [0, 0.1) is 15.5 Å². The van der Waals surface area contributed by atoms with E-state index in [1.54, 1.807) is 18.2 Å². The Morgan fingerprint density at radius 1 is 1.35 bits per heavy atom. The second kappa shape index (κ2) is 5.66. The highest BCUT2D eigenvalue weighted by Crippen LogP contribution is 2.36. The first kappa shape index (κ1) is 13.9. The molecule has 20 heavy (non-hydrogen) atoms. The fourth-order valence-electron chi connectivity index (χ4n) is 1.51. The first-order chi connectivity index (χ1) is 9.50. The van der Waals surface area contributed by atoms with E-state index in [2.05, 4.69) is 20.9 Å². The molecule has 2 aromatic rings. The molecule has 0 unspecified atom stereocenters. The zero-order valence-corrected chi connectivity index (χ0v) is 11.6. The maximum Gasteiger partial charge on any atom is 0.287 e. The highest BCUT2D eigenvalue weighted by atomic mass is 79.9. The van der Waals surface area contributed by atoms with Gasteiger partial charge in [0.1, 0.15) is 21.8 Å². The molecule has 0 radical (unpaired) electrons. The molecule has 0 aliphatic carbocycles. The lowest BCUT2D eigenvalue weighted by Crippen LogP contribution is -2.14. The molecule has 0 aliphatic rings. The number of ether oxygens (including phenoxy) is 1. The molecule has 0 fully saturated rings. The molecular weight excluding hydrogens is 328 g/mol. The number of aromatic nitrogens is 1. The van der Waals surface area contributed by atoms with Gasteiger partial charge in [-0.3, -0.25) is 15.5 Å². The summed E-state index contributed by atoms with van der Waals surface area (Å²) in [5, 5.41) is 18.3. The molecule has 0 aliphatic heterocycles. The van der Waals surface area contributed by atoms with Gasteiger partial charge < -0.3 is 10.5 Å². The van der Waals surface area contributed by atoms with Crippen molar-refractivity contribution < 1.29 is 9.66 Å². The topological polar surface area (TPSA) is 115 Å².